The topological polar surface area (TPSA) is 87.7 Å². The lowest BCUT2D eigenvalue weighted by Gasteiger charge is -2.34. The first-order valence-corrected chi connectivity index (χ1v) is 7.88. The summed E-state index contributed by atoms with van der Waals surface area (Å²) in [7, 11) is 0. The molecular weight excluding hydrogens is 292 g/mol. The molecule has 1 saturated heterocycles. The highest BCUT2D eigenvalue weighted by Crippen LogP contribution is 2.23. The third kappa shape index (κ3) is 3.74. The predicted octanol–water partition coefficient (Wildman–Crippen LogP) is 2.13. The highest BCUT2D eigenvalue weighted by Gasteiger charge is 2.41. The minimum absolute atomic E-state index is 0.101. The van der Waals surface area contributed by atoms with Crippen molar-refractivity contribution in [1.29, 1.82) is 0 Å². The summed E-state index contributed by atoms with van der Waals surface area (Å²) in [4.78, 5) is 24.7. The molecule has 0 aliphatic carbocycles. The summed E-state index contributed by atoms with van der Waals surface area (Å²) in [5.41, 5.74) is -1.23. The van der Waals surface area contributed by atoms with Crippen molar-refractivity contribution in [3.05, 3.63) is 22.4 Å². The van der Waals surface area contributed by atoms with E-state index in [1.54, 1.807) is 11.3 Å². The van der Waals surface area contributed by atoms with Gasteiger partial charge in [-0.05, 0) is 17.9 Å². The van der Waals surface area contributed by atoms with Crippen molar-refractivity contribution in [1.82, 2.24) is 10.6 Å². The van der Waals surface area contributed by atoms with Crippen LogP contribution in [0.15, 0.2) is 17.5 Å². The van der Waals surface area contributed by atoms with Gasteiger partial charge in [-0.15, -0.1) is 11.3 Å². The van der Waals surface area contributed by atoms with Crippen LogP contribution in [0.1, 0.15) is 37.1 Å². The molecule has 1 aromatic heterocycles. The van der Waals surface area contributed by atoms with Crippen molar-refractivity contribution >= 4 is 23.3 Å². The van der Waals surface area contributed by atoms with Gasteiger partial charge in [0.15, 0.2) is 0 Å². The summed E-state index contributed by atoms with van der Waals surface area (Å²) in [6, 6.07) is 3.34. The fourth-order valence-electron chi connectivity index (χ4n) is 2.39. The van der Waals surface area contributed by atoms with Crippen LogP contribution in [0.25, 0.3) is 0 Å². The monoisotopic (exact) mass is 312 g/mol. The molecule has 0 spiro atoms. The van der Waals surface area contributed by atoms with Gasteiger partial charge in [0.2, 0.25) is 0 Å². The van der Waals surface area contributed by atoms with Gasteiger partial charge in [-0.2, -0.15) is 0 Å². The first-order valence-electron chi connectivity index (χ1n) is 7.00. The SMILES string of the molecule is CCC(NC(=O)NC1(C(=O)O)CCOCC1)c1cccs1. The molecule has 116 valence electrons. The van der Waals surface area contributed by atoms with E-state index in [0.29, 0.717) is 13.2 Å². The predicted molar refractivity (Wildman–Crippen MR) is 79.4 cm³/mol. The van der Waals surface area contributed by atoms with Crippen LogP contribution in [0, 0.1) is 0 Å². The molecule has 1 aromatic rings. The molecular formula is C14H20N2O4S. The minimum Gasteiger partial charge on any atom is -0.480 e. The Morgan fingerprint density at radius 1 is 1.48 bits per heavy atom. The molecule has 3 N–H and O–H groups in total. The van der Waals surface area contributed by atoms with Gasteiger partial charge < -0.3 is 20.5 Å². The van der Waals surface area contributed by atoms with E-state index < -0.39 is 17.5 Å². The van der Waals surface area contributed by atoms with E-state index in [0.717, 1.165) is 11.3 Å². The summed E-state index contributed by atoms with van der Waals surface area (Å²) in [6.07, 6.45) is 1.31. The molecule has 0 bridgehead atoms. The van der Waals surface area contributed by atoms with E-state index in [2.05, 4.69) is 10.6 Å². The molecule has 1 aliphatic rings. The number of amides is 2. The van der Waals surface area contributed by atoms with Crippen molar-refractivity contribution in [2.75, 3.05) is 13.2 Å². The van der Waals surface area contributed by atoms with Crippen molar-refractivity contribution in [2.24, 2.45) is 0 Å². The van der Waals surface area contributed by atoms with Gasteiger partial charge >= 0.3 is 12.0 Å². The molecule has 7 heteroatoms. The van der Waals surface area contributed by atoms with Crippen LogP contribution in [-0.2, 0) is 9.53 Å². The Balaban J connectivity index is 2.00. The Hall–Kier alpha value is -1.60. The van der Waals surface area contributed by atoms with Gasteiger partial charge in [-0.25, -0.2) is 9.59 Å². The maximum atomic E-state index is 12.2. The number of hydrogen-bond acceptors (Lipinski definition) is 4. The van der Waals surface area contributed by atoms with Gasteiger partial charge in [0.25, 0.3) is 0 Å². The average molecular weight is 312 g/mol. The summed E-state index contributed by atoms with van der Waals surface area (Å²) in [5, 5.41) is 16.9. The maximum Gasteiger partial charge on any atom is 0.329 e. The number of carboxylic acids is 1. The second-order valence-corrected chi connectivity index (χ2v) is 6.05. The van der Waals surface area contributed by atoms with Crippen LogP contribution in [0.5, 0.6) is 0 Å². The number of aliphatic carboxylic acids is 1. The third-order valence-corrected chi connectivity index (χ3v) is 4.69. The number of carboxylic acid groups (broad SMARTS) is 1. The largest absolute Gasteiger partial charge is 0.480 e. The zero-order valence-electron chi connectivity index (χ0n) is 11.9. The molecule has 2 rings (SSSR count). The van der Waals surface area contributed by atoms with Crippen LogP contribution in [0.4, 0.5) is 4.79 Å². The van der Waals surface area contributed by atoms with Crippen LogP contribution in [0.2, 0.25) is 0 Å². The smallest absolute Gasteiger partial charge is 0.329 e. The zero-order valence-corrected chi connectivity index (χ0v) is 12.7. The Labute approximate surface area is 127 Å². The molecule has 1 unspecified atom stereocenters. The summed E-state index contributed by atoms with van der Waals surface area (Å²) in [6.45, 7) is 2.66. The number of ether oxygens (including phenoxy) is 1. The molecule has 2 heterocycles. The molecule has 0 radical (unpaired) electrons. The number of nitrogens with one attached hydrogen (secondary N) is 2. The zero-order chi connectivity index (χ0) is 15.3. The van der Waals surface area contributed by atoms with Crippen molar-refractivity contribution in [3.8, 4) is 0 Å². The molecule has 1 fully saturated rings. The third-order valence-electron chi connectivity index (χ3n) is 3.71. The van der Waals surface area contributed by atoms with E-state index in [4.69, 9.17) is 4.74 Å². The highest BCUT2D eigenvalue weighted by atomic mass is 32.1. The lowest BCUT2D eigenvalue weighted by molar-refractivity contribution is -0.148. The highest BCUT2D eigenvalue weighted by molar-refractivity contribution is 7.10. The standard InChI is InChI=1S/C14H20N2O4S/c1-2-10(11-4-3-9-21-11)15-13(19)16-14(12(17)18)5-7-20-8-6-14/h3-4,9-10H,2,5-8H2,1H3,(H,17,18)(H2,15,16,19). The number of rotatable bonds is 5. The van der Waals surface area contributed by atoms with Crippen molar-refractivity contribution < 1.29 is 19.4 Å². The summed E-state index contributed by atoms with van der Waals surface area (Å²) < 4.78 is 5.18. The maximum absolute atomic E-state index is 12.2. The van der Waals surface area contributed by atoms with Crippen LogP contribution >= 0.6 is 11.3 Å². The number of carbonyl (C=O) groups is 2. The van der Waals surface area contributed by atoms with Gasteiger partial charge in [-0.1, -0.05) is 13.0 Å². The van der Waals surface area contributed by atoms with E-state index >= 15 is 0 Å². The fourth-order valence-corrected chi connectivity index (χ4v) is 3.25. The summed E-state index contributed by atoms with van der Waals surface area (Å²) >= 11 is 1.57. The second-order valence-electron chi connectivity index (χ2n) is 5.07. The first kappa shape index (κ1) is 15.8. The average Bonchev–Trinajstić information content (AvgIpc) is 2.99. The Bertz CT molecular complexity index is 483. The number of hydrogen-bond donors (Lipinski definition) is 3. The van der Waals surface area contributed by atoms with E-state index in [1.807, 2.05) is 24.4 Å². The van der Waals surface area contributed by atoms with Gasteiger partial charge in [0, 0.05) is 30.9 Å². The molecule has 1 aliphatic heterocycles. The number of urea groups is 1. The Morgan fingerprint density at radius 2 is 2.19 bits per heavy atom. The van der Waals surface area contributed by atoms with Crippen molar-refractivity contribution in [3.63, 3.8) is 0 Å². The number of thiophene rings is 1. The van der Waals surface area contributed by atoms with Crippen molar-refractivity contribution in [2.45, 2.75) is 37.8 Å². The molecule has 2 amide bonds. The lowest BCUT2D eigenvalue weighted by Crippen LogP contribution is -2.59. The van der Waals surface area contributed by atoms with E-state index in [-0.39, 0.29) is 18.9 Å². The van der Waals surface area contributed by atoms with Gasteiger partial charge in [-0.3, -0.25) is 0 Å². The van der Waals surface area contributed by atoms with E-state index in [1.165, 1.54) is 0 Å². The Morgan fingerprint density at radius 3 is 2.71 bits per heavy atom. The Kier molecular flexibility index (Phi) is 5.19. The minimum atomic E-state index is -1.23. The quantitative estimate of drug-likeness (QED) is 0.777. The first-order chi connectivity index (χ1) is 10.1. The second kappa shape index (κ2) is 6.91. The van der Waals surface area contributed by atoms with Crippen LogP contribution < -0.4 is 10.6 Å². The van der Waals surface area contributed by atoms with E-state index in [9.17, 15) is 14.7 Å². The molecule has 0 saturated carbocycles. The normalized spacial score (nSPS) is 18.7. The van der Waals surface area contributed by atoms with Gasteiger partial charge in [0.05, 0.1) is 6.04 Å². The summed E-state index contributed by atoms with van der Waals surface area (Å²) in [5.74, 6) is -1.01. The molecule has 1 atom stereocenters. The van der Waals surface area contributed by atoms with Gasteiger partial charge in [0.1, 0.15) is 5.54 Å². The fraction of sp³-hybridized carbons (Fsp3) is 0.571. The molecule has 6 nitrogen and oxygen atoms in total. The lowest BCUT2D eigenvalue weighted by atomic mass is 9.90. The number of carbonyl (C=O) groups excluding carboxylic acids is 1. The molecule has 21 heavy (non-hydrogen) atoms. The molecule has 0 aromatic carbocycles. The van der Waals surface area contributed by atoms with Crippen LogP contribution in [-0.4, -0.2) is 35.9 Å². The van der Waals surface area contributed by atoms with Crippen LogP contribution in [0.3, 0.4) is 0 Å².